The number of sulfonamides is 1. The molecule has 1 N–H and O–H groups in total. The standard InChI is InChI=1S/C22H33N5O3S/c1-4-27(5-2)31(29,30)19-10-11-21(26-13-7-6-8-14-26)20(15-19)24-22(28)12-9-18-16-23-25(3)17-18/h10-11,15-17H,4-9,12-14H2,1-3H3,(H,24,28). The van der Waals surface area contributed by atoms with E-state index in [1.165, 1.54) is 10.7 Å². The van der Waals surface area contributed by atoms with E-state index in [1.54, 1.807) is 23.0 Å². The van der Waals surface area contributed by atoms with Gasteiger partial charge in [-0.25, -0.2) is 8.42 Å². The summed E-state index contributed by atoms with van der Waals surface area (Å²) in [6.45, 7) is 6.26. The van der Waals surface area contributed by atoms with Crippen LogP contribution in [0.15, 0.2) is 35.5 Å². The van der Waals surface area contributed by atoms with Crippen molar-refractivity contribution in [2.45, 2.75) is 50.8 Å². The second-order valence-corrected chi connectivity index (χ2v) is 9.82. The van der Waals surface area contributed by atoms with E-state index in [2.05, 4.69) is 15.3 Å². The number of carbonyl (C=O) groups excluding carboxylic acids is 1. The van der Waals surface area contributed by atoms with Crippen LogP contribution in [-0.4, -0.2) is 54.6 Å². The lowest BCUT2D eigenvalue weighted by Gasteiger charge is -2.31. The molecule has 3 rings (SSSR count). The fourth-order valence-corrected chi connectivity index (χ4v) is 5.46. The van der Waals surface area contributed by atoms with Crippen LogP contribution in [0.3, 0.4) is 0 Å². The Morgan fingerprint density at radius 2 is 1.87 bits per heavy atom. The van der Waals surface area contributed by atoms with Gasteiger partial charge in [0.15, 0.2) is 0 Å². The van der Waals surface area contributed by atoms with E-state index in [1.807, 2.05) is 33.2 Å². The molecule has 0 radical (unpaired) electrons. The molecule has 8 nitrogen and oxygen atoms in total. The van der Waals surface area contributed by atoms with Crippen molar-refractivity contribution in [1.82, 2.24) is 14.1 Å². The average molecular weight is 448 g/mol. The van der Waals surface area contributed by atoms with Crippen molar-refractivity contribution in [3.8, 4) is 0 Å². The number of aryl methyl sites for hydroxylation is 2. The van der Waals surface area contributed by atoms with E-state index >= 15 is 0 Å². The summed E-state index contributed by atoms with van der Waals surface area (Å²) in [6, 6.07) is 5.10. The Hall–Kier alpha value is -2.39. The average Bonchev–Trinajstić information content (AvgIpc) is 3.18. The normalized spacial score (nSPS) is 14.8. The number of amides is 1. The van der Waals surface area contributed by atoms with Crippen LogP contribution < -0.4 is 10.2 Å². The molecule has 1 aromatic heterocycles. The van der Waals surface area contributed by atoms with Gasteiger partial charge in [-0.05, 0) is 49.4 Å². The maximum absolute atomic E-state index is 13.0. The molecule has 1 fully saturated rings. The summed E-state index contributed by atoms with van der Waals surface area (Å²) in [5.41, 5.74) is 2.44. The van der Waals surface area contributed by atoms with E-state index in [9.17, 15) is 13.2 Å². The number of rotatable bonds is 9. The molecular formula is C22H33N5O3S. The van der Waals surface area contributed by atoms with Gasteiger partial charge in [-0.3, -0.25) is 9.48 Å². The van der Waals surface area contributed by atoms with Gasteiger partial charge in [-0.2, -0.15) is 9.40 Å². The molecular weight excluding hydrogens is 414 g/mol. The Bertz CT molecular complexity index is 992. The van der Waals surface area contributed by atoms with Gasteiger partial charge in [0, 0.05) is 45.8 Å². The highest BCUT2D eigenvalue weighted by molar-refractivity contribution is 7.89. The number of anilines is 2. The van der Waals surface area contributed by atoms with Crippen molar-refractivity contribution in [2.24, 2.45) is 7.05 Å². The predicted octanol–water partition coefficient (Wildman–Crippen LogP) is 3.01. The Kier molecular flexibility index (Phi) is 7.72. The zero-order valence-electron chi connectivity index (χ0n) is 18.7. The Labute approximate surface area is 185 Å². The minimum atomic E-state index is -3.61. The Balaban J connectivity index is 1.85. The largest absolute Gasteiger partial charge is 0.370 e. The van der Waals surface area contributed by atoms with Gasteiger partial charge in [-0.1, -0.05) is 13.8 Å². The lowest BCUT2D eigenvalue weighted by molar-refractivity contribution is -0.116. The lowest BCUT2D eigenvalue weighted by atomic mass is 10.1. The van der Waals surface area contributed by atoms with Crippen molar-refractivity contribution in [2.75, 3.05) is 36.4 Å². The molecule has 31 heavy (non-hydrogen) atoms. The summed E-state index contributed by atoms with van der Waals surface area (Å²) in [7, 11) is -1.76. The summed E-state index contributed by atoms with van der Waals surface area (Å²) in [5, 5.41) is 7.11. The van der Waals surface area contributed by atoms with Crippen LogP contribution in [-0.2, 0) is 28.3 Å². The molecule has 9 heteroatoms. The highest BCUT2D eigenvalue weighted by atomic mass is 32.2. The second-order valence-electron chi connectivity index (χ2n) is 7.89. The molecule has 1 aliphatic rings. The highest BCUT2D eigenvalue weighted by Gasteiger charge is 2.24. The first-order valence-electron chi connectivity index (χ1n) is 11.0. The third-order valence-electron chi connectivity index (χ3n) is 5.68. The van der Waals surface area contributed by atoms with E-state index in [-0.39, 0.29) is 10.8 Å². The zero-order valence-corrected chi connectivity index (χ0v) is 19.5. The molecule has 2 heterocycles. The number of hydrogen-bond acceptors (Lipinski definition) is 5. The number of carbonyl (C=O) groups is 1. The SMILES string of the molecule is CCN(CC)S(=O)(=O)c1ccc(N2CCCCC2)c(NC(=O)CCc2cnn(C)c2)c1. The van der Waals surface area contributed by atoms with Gasteiger partial charge in [0.1, 0.15) is 0 Å². The van der Waals surface area contributed by atoms with Crippen LogP contribution in [0.5, 0.6) is 0 Å². The van der Waals surface area contributed by atoms with Crippen molar-refractivity contribution in [3.63, 3.8) is 0 Å². The first-order chi connectivity index (χ1) is 14.8. The molecule has 1 saturated heterocycles. The molecule has 2 aromatic rings. The van der Waals surface area contributed by atoms with Crippen molar-refractivity contribution in [1.29, 1.82) is 0 Å². The Morgan fingerprint density at radius 1 is 1.16 bits per heavy atom. The number of benzene rings is 1. The monoisotopic (exact) mass is 447 g/mol. The first kappa shape index (κ1) is 23.3. The number of piperidine rings is 1. The summed E-state index contributed by atoms with van der Waals surface area (Å²) >= 11 is 0. The summed E-state index contributed by atoms with van der Waals surface area (Å²) in [6.07, 6.45) is 7.90. The molecule has 0 spiro atoms. The van der Waals surface area contributed by atoms with Gasteiger partial charge in [0.25, 0.3) is 0 Å². The van der Waals surface area contributed by atoms with E-state index < -0.39 is 10.0 Å². The third kappa shape index (κ3) is 5.65. The summed E-state index contributed by atoms with van der Waals surface area (Å²) in [5.74, 6) is -0.139. The molecule has 0 unspecified atom stereocenters. The van der Waals surface area contributed by atoms with Crippen molar-refractivity contribution >= 4 is 27.3 Å². The maximum Gasteiger partial charge on any atom is 0.243 e. The van der Waals surface area contributed by atoms with Crippen molar-refractivity contribution in [3.05, 3.63) is 36.2 Å². The topological polar surface area (TPSA) is 87.5 Å². The van der Waals surface area contributed by atoms with Crippen LogP contribution in [0.1, 0.15) is 45.1 Å². The van der Waals surface area contributed by atoms with Crippen LogP contribution >= 0.6 is 0 Å². The van der Waals surface area contributed by atoms with Crippen LogP contribution in [0.4, 0.5) is 11.4 Å². The number of nitrogens with zero attached hydrogens (tertiary/aromatic N) is 4. The van der Waals surface area contributed by atoms with Gasteiger partial charge < -0.3 is 10.2 Å². The smallest absolute Gasteiger partial charge is 0.243 e. The van der Waals surface area contributed by atoms with E-state index in [0.29, 0.717) is 31.6 Å². The third-order valence-corrected chi connectivity index (χ3v) is 7.73. The molecule has 1 aliphatic heterocycles. The second kappa shape index (κ2) is 10.3. The molecule has 170 valence electrons. The summed E-state index contributed by atoms with van der Waals surface area (Å²) in [4.78, 5) is 15.2. The quantitative estimate of drug-likeness (QED) is 0.638. The van der Waals surface area contributed by atoms with Gasteiger partial charge >= 0.3 is 0 Å². The number of aromatic nitrogens is 2. The minimum absolute atomic E-state index is 0.139. The van der Waals surface area contributed by atoms with Gasteiger partial charge in [0.05, 0.1) is 22.5 Å². The zero-order chi connectivity index (χ0) is 22.4. The molecule has 0 bridgehead atoms. The number of nitrogens with one attached hydrogen (secondary N) is 1. The maximum atomic E-state index is 13.0. The minimum Gasteiger partial charge on any atom is -0.370 e. The lowest BCUT2D eigenvalue weighted by Crippen LogP contribution is -2.32. The van der Waals surface area contributed by atoms with Crippen LogP contribution in [0.25, 0.3) is 0 Å². The highest BCUT2D eigenvalue weighted by Crippen LogP contribution is 2.32. The van der Waals surface area contributed by atoms with Gasteiger partial charge in [0.2, 0.25) is 15.9 Å². The van der Waals surface area contributed by atoms with Crippen LogP contribution in [0, 0.1) is 0 Å². The Morgan fingerprint density at radius 3 is 2.48 bits per heavy atom. The fourth-order valence-electron chi connectivity index (χ4n) is 3.97. The molecule has 1 aromatic carbocycles. The molecule has 1 amide bonds. The fraction of sp³-hybridized carbons (Fsp3) is 0.545. The van der Waals surface area contributed by atoms with Crippen LogP contribution in [0.2, 0.25) is 0 Å². The molecule has 0 atom stereocenters. The number of hydrogen-bond donors (Lipinski definition) is 1. The van der Waals surface area contributed by atoms with Gasteiger partial charge in [-0.15, -0.1) is 0 Å². The summed E-state index contributed by atoms with van der Waals surface area (Å²) < 4.78 is 29.2. The van der Waals surface area contributed by atoms with Crippen molar-refractivity contribution < 1.29 is 13.2 Å². The van der Waals surface area contributed by atoms with E-state index in [0.717, 1.165) is 37.2 Å². The predicted molar refractivity (Wildman–Crippen MR) is 123 cm³/mol. The molecule has 0 saturated carbocycles. The van der Waals surface area contributed by atoms with E-state index in [4.69, 9.17) is 0 Å². The first-order valence-corrected chi connectivity index (χ1v) is 12.5. The molecule has 0 aliphatic carbocycles.